The third-order valence-corrected chi connectivity index (χ3v) is 2.31. The van der Waals surface area contributed by atoms with Gasteiger partial charge in [-0.05, 0) is 6.92 Å². The van der Waals surface area contributed by atoms with Gasteiger partial charge in [0.05, 0.1) is 6.10 Å². The Kier molecular flexibility index (Phi) is 3.63. The molecule has 1 rings (SSSR count). The van der Waals surface area contributed by atoms with E-state index < -0.39 is 18.5 Å². The van der Waals surface area contributed by atoms with Crippen molar-refractivity contribution >= 4 is 0 Å². The third kappa shape index (κ3) is 2.00. The molecule has 0 aromatic carbocycles. The first-order valence-electron chi connectivity index (χ1n) is 4.19. The minimum atomic E-state index is -1.20. The SMILES string of the molecule is CO[C@@H]1[C@H](OC)[C@@H](O)C(O)O[C@@H]1C. The summed E-state index contributed by atoms with van der Waals surface area (Å²) in [6.07, 6.45) is -3.47. The van der Waals surface area contributed by atoms with E-state index in [-0.39, 0.29) is 12.2 Å². The van der Waals surface area contributed by atoms with E-state index in [1.54, 1.807) is 6.92 Å². The predicted molar refractivity (Wildman–Crippen MR) is 44.2 cm³/mol. The highest BCUT2D eigenvalue weighted by Crippen LogP contribution is 2.23. The maximum absolute atomic E-state index is 9.48. The van der Waals surface area contributed by atoms with Crippen LogP contribution in [0.4, 0.5) is 0 Å². The summed E-state index contributed by atoms with van der Waals surface area (Å²) in [7, 11) is 2.98. The number of hydrogen-bond donors (Lipinski definition) is 2. The van der Waals surface area contributed by atoms with Crippen LogP contribution in [0.3, 0.4) is 0 Å². The molecule has 5 heteroatoms. The first-order valence-corrected chi connectivity index (χ1v) is 4.19. The van der Waals surface area contributed by atoms with Gasteiger partial charge in [-0.1, -0.05) is 0 Å². The first kappa shape index (κ1) is 10.9. The van der Waals surface area contributed by atoms with Crippen LogP contribution in [-0.4, -0.2) is 55.1 Å². The van der Waals surface area contributed by atoms with E-state index in [4.69, 9.17) is 14.2 Å². The Hall–Kier alpha value is -0.200. The van der Waals surface area contributed by atoms with Crippen molar-refractivity contribution in [3.05, 3.63) is 0 Å². The van der Waals surface area contributed by atoms with E-state index in [1.807, 2.05) is 0 Å². The molecule has 0 aliphatic carbocycles. The molecule has 2 N–H and O–H groups in total. The summed E-state index contributed by atoms with van der Waals surface area (Å²) < 4.78 is 15.2. The largest absolute Gasteiger partial charge is 0.385 e. The maximum Gasteiger partial charge on any atom is 0.183 e. The van der Waals surface area contributed by atoms with E-state index in [0.717, 1.165) is 0 Å². The highest BCUT2D eigenvalue weighted by Gasteiger charge is 2.43. The summed E-state index contributed by atoms with van der Waals surface area (Å²) >= 11 is 0. The van der Waals surface area contributed by atoms with Crippen molar-refractivity contribution < 1.29 is 24.4 Å². The van der Waals surface area contributed by atoms with Gasteiger partial charge >= 0.3 is 0 Å². The van der Waals surface area contributed by atoms with Crippen molar-refractivity contribution in [2.45, 2.75) is 37.6 Å². The fourth-order valence-electron chi connectivity index (χ4n) is 1.60. The highest BCUT2D eigenvalue weighted by molar-refractivity contribution is 4.88. The van der Waals surface area contributed by atoms with Crippen LogP contribution in [0.15, 0.2) is 0 Å². The third-order valence-electron chi connectivity index (χ3n) is 2.31. The molecule has 0 saturated carbocycles. The Balaban J connectivity index is 2.71. The fraction of sp³-hybridized carbons (Fsp3) is 1.00. The van der Waals surface area contributed by atoms with E-state index in [2.05, 4.69) is 0 Å². The molecule has 0 radical (unpaired) electrons. The van der Waals surface area contributed by atoms with Crippen molar-refractivity contribution in [3.8, 4) is 0 Å². The molecule has 0 aromatic heterocycles. The second-order valence-electron chi connectivity index (χ2n) is 3.12. The van der Waals surface area contributed by atoms with Gasteiger partial charge in [-0.15, -0.1) is 0 Å². The molecule has 1 heterocycles. The smallest absolute Gasteiger partial charge is 0.183 e. The van der Waals surface area contributed by atoms with E-state index in [9.17, 15) is 10.2 Å². The van der Waals surface area contributed by atoms with Crippen LogP contribution in [0, 0.1) is 0 Å². The summed E-state index contributed by atoms with van der Waals surface area (Å²) in [4.78, 5) is 0. The second-order valence-corrected chi connectivity index (χ2v) is 3.12. The molecule has 5 nitrogen and oxygen atoms in total. The number of rotatable bonds is 2. The van der Waals surface area contributed by atoms with Crippen molar-refractivity contribution in [1.82, 2.24) is 0 Å². The number of hydrogen-bond acceptors (Lipinski definition) is 5. The number of methoxy groups -OCH3 is 2. The Morgan fingerprint density at radius 2 is 1.62 bits per heavy atom. The zero-order valence-electron chi connectivity index (χ0n) is 8.01. The molecule has 13 heavy (non-hydrogen) atoms. The van der Waals surface area contributed by atoms with Crippen LogP contribution in [0.1, 0.15) is 6.92 Å². The molecule has 0 amide bonds. The van der Waals surface area contributed by atoms with Gasteiger partial charge in [-0.25, -0.2) is 0 Å². The van der Waals surface area contributed by atoms with Crippen LogP contribution in [-0.2, 0) is 14.2 Å². The average molecular weight is 192 g/mol. The van der Waals surface area contributed by atoms with Crippen LogP contribution in [0.5, 0.6) is 0 Å². The van der Waals surface area contributed by atoms with Gasteiger partial charge in [0.1, 0.15) is 18.3 Å². The molecule has 0 aromatic rings. The summed E-state index contributed by atoms with van der Waals surface area (Å²) in [6.45, 7) is 1.76. The van der Waals surface area contributed by atoms with Gasteiger partial charge in [0, 0.05) is 14.2 Å². The van der Waals surface area contributed by atoms with Gasteiger partial charge in [0.2, 0.25) is 0 Å². The molecule has 1 aliphatic heterocycles. The van der Waals surface area contributed by atoms with Crippen molar-refractivity contribution in [2.24, 2.45) is 0 Å². The van der Waals surface area contributed by atoms with Gasteiger partial charge in [-0.3, -0.25) is 0 Å². The summed E-state index contributed by atoms with van der Waals surface area (Å²) in [5, 5.41) is 18.7. The van der Waals surface area contributed by atoms with Crippen molar-refractivity contribution in [3.63, 3.8) is 0 Å². The number of ether oxygens (including phenoxy) is 3. The lowest BCUT2D eigenvalue weighted by Crippen LogP contribution is -2.57. The monoisotopic (exact) mass is 192 g/mol. The topological polar surface area (TPSA) is 68.2 Å². The quantitative estimate of drug-likeness (QED) is 0.594. The summed E-state index contributed by atoms with van der Waals surface area (Å²) in [5.74, 6) is 0. The normalized spacial score (nSPS) is 46.4. The van der Waals surface area contributed by atoms with Crippen LogP contribution in [0.25, 0.3) is 0 Å². The van der Waals surface area contributed by atoms with Gasteiger partial charge in [0.15, 0.2) is 6.29 Å². The molecular weight excluding hydrogens is 176 g/mol. The molecule has 0 bridgehead atoms. The number of aliphatic hydroxyl groups is 2. The Bertz CT molecular complexity index is 163. The van der Waals surface area contributed by atoms with Crippen LogP contribution >= 0.6 is 0 Å². The zero-order valence-corrected chi connectivity index (χ0v) is 8.01. The molecule has 0 spiro atoms. The zero-order chi connectivity index (χ0) is 10.0. The first-order chi connectivity index (χ1) is 6.11. The molecule has 1 aliphatic rings. The van der Waals surface area contributed by atoms with E-state index in [1.165, 1.54) is 14.2 Å². The van der Waals surface area contributed by atoms with E-state index >= 15 is 0 Å². The van der Waals surface area contributed by atoms with E-state index in [0.29, 0.717) is 0 Å². The lowest BCUT2D eigenvalue weighted by molar-refractivity contribution is -0.286. The summed E-state index contributed by atoms with van der Waals surface area (Å²) in [6, 6.07) is 0. The van der Waals surface area contributed by atoms with Gasteiger partial charge in [-0.2, -0.15) is 0 Å². The Labute approximate surface area is 77.2 Å². The number of aliphatic hydroxyl groups excluding tert-OH is 2. The molecule has 1 saturated heterocycles. The second kappa shape index (κ2) is 4.34. The Morgan fingerprint density at radius 3 is 2.08 bits per heavy atom. The van der Waals surface area contributed by atoms with Gasteiger partial charge in [0.25, 0.3) is 0 Å². The fourth-order valence-corrected chi connectivity index (χ4v) is 1.60. The molecule has 78 valence electrons. The lowest BCUT2D eigenvalue weighted by atomic mass is 10.00. The summed E-state index contributed by atoms with van der Waals surface area (Å²) in [5.41, 5.74) is 0. The average Bonchev–Trinajstić information content (AvgIpc) is 2.10. The van der Waals surface area contributed by atoms with Crippen molar-refractivity contribution in [1.29, 1.82) is 0 Å². The Morgan fingerprint density at radius 1 is 1.08 bits per heavy atom. The predicted octanol–water partition coefficient (Wildman–Crippen LogP) is -0.886. The van der Waals surface area contributed by atoms with Crippen LogP contribution < -0.4 is 0 Å². The molecular formula is C8H16O5. The van der Waals surface area contributed by atoms with Crippen molar-refractivity contribution in [2.75, 3.05) is 14.2 Å². The van der Waals surface area contributed by atoms with Gasteiger partial charge < -0.3 is 24.4 Å². The molecule has 1 fully saturated rings. The molecule has 5 atom stereocenters. The lowest BCUT2D eigenvalue weighted by Gasteiger charge is -2.40. The minimum Gasteiger partial charge on any atom is -0.385 e. The molecule has 1 unspecified atom stereocenters. The highest BCUT2D eigenvalue weighted by atomic mass is 16.7. The van der Waals surface area contributed by atoms with Crippen LogP contribution in [0.2, 0.25) is 0 Å². The standard InChI is InChI=1S/C8H16O5/c1-4-6(11-2)7(12-3)5(9)8(10)13-4/h4-10H,1-3H3/t4-,5-,6+,7-,8?/m1/s1. The maximum atomic E-state index is 9.48. The minimum absolute atomic E-state index is 0.298.